The van der Waals surface area contributed by atoms with Crippen molar-refractivity contribution < 1.29 is 5.11 Å². The largest absolute Gasteiger partial charge is 0.508 e. The first-order chi connectivity index (χ1) is 9.62. The lowest BCUT2D eigenvalue weighted by Gasteiger charge is -2.57. The van der Waals surface area contributed by atoms with Crippen molar-refractivity contribution in [1.82, 2.24) is 5.32 Å². The highest BCUT2D eigenvalue weighted by Crippen LogP contribution is 2.55. The summed E-state index contributed by atoms with van der Waals surface area (Å²) in [5, 5.41) is 14.4. The number of hydrogen-bond donors (Lipinski definition) is 2. The highest BCUT2D eigenvalue weighted by molar-refractivity contribution is 6.30. The van der Waals surface area contributed by atoms with E-state index in [1.54, 1.807) is 12.1 Å². The van der Waals surface area contributed by atoms with Crippen LogP contribution in [0.3, 0.4) is 0 Å². The van der Waals surface area contributed by atoms with Crippen LogP contribution in [-0.2, 0) is 6.54 Å². The van der Waals surface area contributed by atoms with E-state index in [2.05, 4.69) is 5.32 Å². The molecule has 4 saturated carbocycles. The second-order valence-corrected chi connectivity index (χ2v) is 7.76. The van der Waals surface area contributed by atoms with Crippen LogP contribution in [0.25, 0.3) is 0 Å². The van der Waals surface area contributed by atoms with E-state index in [1.807, 2.05) is 6.07 Å². The summed E-state index contributed by atoms with van der Waals surface area (Å²) in [4.78, 5) is 0. The van der Waals surface area contributed by atoms with Crippen molar-refractivity contribution in [1.29, 1.82) is 0 Å². The molecule has 0 heterocycles. The van der Waals surface area contributed by atoms with Gasteiger partial charge < -0.3 is 10.4 Å². The lowest BCUT2D eigenvalue weighted by molar-refractivity contribution is -0.0206. The Balaban J connectivity index is 1.50. The molecule has 0 saturated heterocycles. The number of benzene rings is 1. The van der Waals surface area contributed by atoms with Gasteiger partial charge in [0.1, 0.15) is 5.75 Å². The Bertz CT molecular complexity index is 492. The fraction of sp³-hybridized carbons (Fsp3) is 0.647. The third-order valence-corrected chi connectivity index (χ3v) is 5.97. The SMILES string of the molecule is Oc1ccc(Cl)cc1CNC12CC3CC(CC(C3)C1)C2. The van der Waals surface area contributed by atoms with Gasteiger partial charge in [-0.15, -0.1) is 0 Å². The number of rotatable bonds is 3. The predicted molar refractivity (Wildman–Crippen MR) is 80.9 cm³/mol. The third kappa shape index (κ3) is 2.23. The van der Waals surface area contributed by atoms with Crippen molar-refractivity contribution in [2.24, 2.45) is 17.8 Å². The Labute approximate surface area is 125 Å². The van der Waals surface area contributed by atoms with Crippen molar-refractivity contribution in [3.8, 4) is 5.75 Å². The maximum atomic E-state index is 9.95. The first-order valence-corrected chi connectivity index (χ1v) is 8.22. The third-order valence-electron chi connectivity index (χ3n) is 5.73. The molecule has 4 fully saturated rings. The molecule has 0 amide bonds. The number of hydrogen-bond acceptors (Lipinski definition) is 2. The summed E-state index contributed by atoms with van der Waals surface area (Å²) >= 11 is 6.03. The van der Waals surface area contributed by atoms with Gasteiger partial charge >= 0.3 is 0 Å². The zero-order valence-corrected chi connectivity index (χ0v) is 12.5. The van der Waals surface area contributed by atoms with Gasteiger partial charge in [-0.25, -0.2) is 0 Å². The lowest BCUT2D eigenvalue weighted by Crippen LogP contribution is -2.58. The van der Waals surface area contributed by atoms with Gasteiger partial charge in [-0.2, -0.15) is 0 Å². The quantitative estimate of drug-likeness (QED) is 0.878. The Morgan fingerprint density at radius 1 is 1.10 bits per heavy atom. The Morgan fingerprint density at radius 3 is 2.30 bits per heavy atom. The number of aromatic hydroxyl groups is 1. The van der Waals surface area contributed by atoms with E-state index in [0.29, 0.717) is 16.3 Å². The maximum Gasteiger partial charge on any atom is 0.120 e. The van der Waals surface area contributed by atoms with E-state index in [4.69, 9.17) is 11.6 Å². The smallest absolute Gasteiger partial charge is 0.120 e. The van der Waals surface area contributed by atoms with E-state index >= 15 is 0 Å². The lowest BCUT2D eigenvalue weighted by atomic mass is 9.53. The molecule has 0 atom stereocenters. The monoisotopic (exact) mass is 291 g/mol. The van der Waals surface area contributed by atoms with Gasteiger partial charge in [-0.1, -0.05) is 11.6 Å². The Morgan fingerprint density at radius 2 is 1.70 bits per heavy atom. The van der Waals surface area contributed by atoms with Crippen LogP contribution in [0, 0.1) is 17.8 Å². The van der Waals surface area contributed by atoms with Crippen LogP contribution in [0.5, 0.6) is 5.75 Å². The molecule has 4 aliphatic rings. The molecule has 0 radical (unpaired) electrons. The predicted octanol–water partition coefficient (Wildman–Crippen LogP) is 4.10. The number of phenolic OH excluding ortho intramolecular Hbond substituents is 1. The average Bonchev–Trinajstić information content (AvgIpc) is 2.38. The minimum absolute atomic E-state index is 0.337. The van der Waals surface area contributed by atoms with Gasteiger partial charge in [-0.3, -0.25) is 0 Å². The van der Waals surface area contributed by atoms with Crippen LogP contribution in [0.1, 0.15) is 44.1 Å². The number of nitrogens with one attached hydrogen (secondary N) is 1. The minimum atomic E-state index is 0.337. The van der Waals surface area contributed by atoms with E-state index in [1.165, 1.54) is 38.5 Å². The molecule has 2 nitrogen and oxygen atoms in total. The molecule has 4 aliphatic carbocycles. The summed E-state index contributed by atoms with van der Waals surface area (Å²) in [6.45, 7) is 0.735. The fourth-order valence-electron chi connectivity index (χ4n) is 5.31. The van der Waals surface area contributed by atoms with Crippen molar-refractivity contribution in [3.05, 3.63) is 28.8 Å². The van der Waals surface area contributed by atoms with Crippen molar-refractivity contribution in [2.75, 3.05) is 0 Å². The van der Waals surface area contributed by atoms with Gasteiger partial charge in [0.2, 0.25) is 0 Å². The molecular formula is C17H22ClNO. The number of halogens is 1. The van der Waals surface area contributed by atoms with E-state index in [-0.39, 0.29) is 0 Å². The minimum Gasteiger partial charge on any atom is -0.508 e. The molecule has 0 aliphatic heterocycles. The van der Waals surface area contributed by atoms with Crippen molar-refractivity contribution >= 4 is 11.6 Å². The molecule has 0 unspecified atom stereocenters. The summed E-state index contributed by atoms with van der Waals surface area (Å²) in [6.07, 6.45) is 8.39. The van der Waals surface area contributed by atoms with E-state index in [0.717, 1.165) is 29.9 Å². The normalized spacial score (nSPS) is 38.4. The molecule has 1 aromatic carbocycles. The zero-order valence-electron chi connectivity index (χ0n) is 11.7. The van der Waals surface area contributed by atoms with Crippen LogP contribution >= 0.6 is 11.6 Å². The molecule has 2 N–H and O–H groups in total. The van der Waals surface area contributed by atoms with Gasteiger partial charge in [0.15, 0.2) is 0 Å². The van der Waals surface area contributed by atoms with Crippen LogP contribution in [0.4, 0.5) is 0 Å². The van der Waals surface area contributed by atoms with Crippen LogP contribution in [-0.4, -0.2) is 10.6 Å². The summed E-state index contributed by atoms with van der Waals surface area (Å²) < 4.78 is 0. The molecule has 0 aromatic heterocycles. The van der Waals surface area contributed by atoms with Crippen molar-refractivity contribution in [2.45, 2.75) is 50.6 Å². The first kappa shape index (κ1) is 13.0. The summed E-state index contributed by atoms with van der Waals surface area (Å²) in [5.41, 5.74) is 1.26. The molecule has 1 aromatic rings. The van der Waals surface area contributed by atoms with Gasteiger partial charge in [0, 0.05) is 22.7 Å². The second kappa shape index (κ2) is 4.64. The van der Waals surface area contributed by atoms with E-state index in [9.17, 15) is 5.11 Å². The molecule has 108 valence electrons. The summed E-state index contributed by atoms with van der Waals surface area (Å²) in [7, 11) is 0. The molecule has 3 heteroatoms. The Kier molecular flexibility index (Phi) is 3.01. The molecule has 4 bridgehead atoms. The van der Waals surface area contributed by atoms with Crippen LogP contribution < -0.4 is 5.32 Å². The molecule has 0 spiro atoms. The highest BCUT2D eigenvalue weighted by atomic mass is 35.5. The van der Waals surface area contributed by atoms with Crippen molar-refractivity contribution in [3.63, 3.8) is 0 Å². The topological polar surface area (TPSA) is 32.3 Å². The van der Waals surface area contributed by atoms with Crippen LogP contribution in [0.2, 0.25) is 5.02 Å². The maximum absolute atomic E-state index is 9.95. The highest BCUT2D eigenvalue weighted by Gasteiger charge is 2.50. The average molecular weight is 292 g/mol. The zero-order chi connectivity index (χ0) is 13.7. The molecular weight excluding hydrogens is 270 g/mol. The van der Waals surface area contributed by atoms with Gasteiger partial charge in [0.25, 0.3) is 0 Å². The standard InChI is InChI=1S/C17H22ClNO/c18-15-1-2-16(20)14(6-15)10-19-17-7-11-3-12(8-17)5-13(4-11)9-17/h1-2,6,11-13,19-20H,3-5,7-10H2. The first-order valence-electron chi connectivity index (χ1n) is 7.84. The summed E-state index contributed by atoms with van der Waals surface area (Å²) in [6, 6.07) is 5.31. The Hall–Kier alpha value is -0.730. The molecule has 5 rings (SSSR count). The number of phenols is 1. The van der Waals surface area contributed by atoms with Gasteiger partial charge in [0.05, 0.1) is 0 Å². The van der Waals surface area contributed by atoms with Gasteiger partial charge in [-0.05, 0) is 74.5 Å². The van der Waals surface area contributed by atoms with Crippen LogP contribution in [0.15, 0.2) is 18.2 Å². The second-order valence-electron chi connectivity index (χ2n) is 7.32. The fourth-order valence-corrected chi connectivity index (χ4v) is 5.50. The van der Waals surface area contributed by atoms with E-state index < -0.39 is 0 Å². The molecule has 20 heavy (non-hydrogen) atoms. The summed E-state index contributed by atoms with van der Waals surface area (Å²) in [5.74, 6) is 3.19.